The highest BCUT2D eigenvalue weighted by Gasteiger charge is 2.29. The third-order valence-electron chi connectivity index (χ3n) is 4.33. The summed E-state index contributed by atoms with van der Waals surface area (Å²) in [4.78, 5) is 14.6. The molecule has 1 aromatic heterocycles. The zero-order chi connectivity index (χ0) is 17.0. The average molecular weight is 345 g/mol. The van der Waals surface area contributed by atoms with E-state index in [1.165, 1.54) is 0 Å². The van der Waals surface area contributed by atoms with Crippen molar-refractivity contribution >= 4 is 5.95 Å². The molecule has 2 saturated heterocycles. The van der Waals surface area contributed by atoms with E-state index < -0.39 is 12.8 Å². The molecule has 0 unspecified atom stereocenters. The summed E-state index contributed by atoms with van der Waals surface area (Å²) in [5.41, 5.74) is 0. The van der Waals surface area contributed by atoms with Crippen LogP contribution in [0, 0.1) is 5.92 Å². The molecule has 2 aliphatic heterocycles. The number of hydrogen-bond acceptors (Lipinski definition) is 6. The van der Waals surface area contributed by atoms with E-state index >= 15 is 0 Å². The Bertz CT molecular complexity index is 542. The molecule has 3 heterocycles. The van der Waals surface area contributed by atoms with Crippen molar-refractivity contribution in [2.24, 2.45) is 5.92 Å². The Hall–Kier alpha value is -1.64. The molecular weight excluding hydrogens is 323 g/mol. The quantitative estimate of drug-likeness (QED) is 0.880. The van der Waals surface area contributed by atoms with E-state index in [4.69, 9.17) is 4.74 Å². The molecule has 3 rings (SSSR count). The maximum atomic E-state index is 12.4. The standard InChI is InChI=1S/C15H22F3N5O/c16-15(17,18)10-24-14-21-12(9-11-3-5-19-6-4-11)20-13(22-14)23-7-1-2-8-23/h11,19H,1-10H2. The van der Waals surface area contributed by atoms with Gasteiger partial charge in [0.05, 0.1) is 0 Å². The van der Waals surface area contributed by atoms with E-state index in [-0.39, 0.29) is 6.01 Å². The fourth-order valence-corrected chi connectivity index (χ4v) is 3.09. The van der Waals surface area contributed by atoms with Crippen LogP contribution in [0.3, 0.4) is 0 Å². The van der Waals surface area contributed by atoms with Crippen molar-refractivity contribution in [2.45, 2.75) is 38.3 Å². The Morgan fingerprint density at radius 3 is 2.46 bits per heavy atom. The first kappa shape index (κ1) is 17.2. The van der Waals surface area contributed by atoms with Gasteiger partial charge in [-0.1, -0.05) is 0 Å². The highest BCUT2D eigenvalue weighted by molar-refractivity contribution is 5.32. The topological polar surface area (TPSA) is 63.2 Å². The first-order valence-electron chi connectivity index (χ1n) is 8.40. The summed E-state index contributed by atoms with van der Waals surface area (Å²) in [6, 6.07) is -0.229. The second-order valence-corrected chi connectivity index (χ2v) is 6.33. The molecular formula is C15H22F3N5O. The number of rotatable bonds is 5. The number of anilines is 1. The minimum absolute atomic E-state index is 0.229. The van der Waals surface area contributed by atoms with E-state index in [9.17, 15) is 13.2 Å². The molecule has 0 amide bonds. The molecule has 2 aliphatic rings. The Kier molecular flexibility index (Phi) is 5.37. The first-order valence-corrected chi connectivity index (χ1v) is 8.40. The smallest absolute Gasteiger partial charge is 0.422 e. The van der Waals surface area contributed by atoms with E-state index in [0.717, 1.165) is 51.9 Å². The summed E-state index contributed by atoms with van der Waals surface area (Å²) in [5, 5.41) is 3.29. The molecule has 6 nitrogen and oxygen atoms in total. The average Bonchev–Trinajstić information content (AvgIpc) is 3.08. The van der Waals surface area contributed by atoms with Gasteiger partial charge in [-0.3, -0.25) is 0 Å². The van der Waals surface area contributed by atoms with Crippen LogP contribution in [0.4, 0.5) is 19.1 Å². The molecule has 2 fully saturated rings. The molecule has 0 bridgehead atoms. The summed E-state index contributed by atoms with van der Waals surface area (Å²) in [7, 11) is 0. The largest absolute Gasteiger partial charge is 0.454 e. The summed E-state index contributed by atoms with van der Waals surface area (Å²) < 4.78 is 42.0. The van der Waals surface area contributed by atoms with Gasteiger partial charge in [-0.15, -0.1) is 0 Å². The van der Waals surface area contributed by atoms with E-state index in [0.29, 0.717) is 24.1 Å². The summed E-state index contributed by atoms with van der Waals surface area (Å²) in [6.07, 6.45) is 0.345. The first-order chi connectivity index (χ1) is 11.5. The predicted octanol–water partition coefficient (Wildman–Crippen LogP) is 1.95. The molecule has 9 heteroatoms. The number of piperidine rings is 1. The highest BCUT2D eigenvalue weighted by Crippen LogP contribution is 2.22. The molecule has 0 radical (unpaired) electrons. The van der Waals surface area contributed by atoms with Crippen molar-refractivity contribution < 1.29 is 17.9 Å². The fourth-order valence-electron chi connectivity index (χ4n) is 3.09. The van der Waals surface area contributed by atoms with E-state index in [1.807, 2.05) is 4.90 Å². The minimum Gasteiger partial charge on any atom is -0.454 e. The van der Waals surface area contributed by atoms with Crippen LogP contribution in [0.25, 0.3) is 0 Å². The maximum Gasteiger partial charge on any atom is 0.422 e. The normalized spacial score (nSPS) is 19.7. The maximum absolute atomic E-state index is 12.4. The zero-order valence-corrected chi connectivity index (χ0v) is 13.5. The van der Waals surface area contributed by atoms with Gasteiger partial charge in [0.25, 0.3) is 0 Å². The number of nitrogens with one attached hydrogen (secondary N) is 1. The summed E-state index contributed by atoms with van der Waals surface area (Å²) in [6.45, 7) is 2.15. The molecule has 24 heavy (non-hydrogen) atoms. The number of hydrogen-bond donors (Lipinski definition) is 1. The van der Waals surface area contributed by atoms with Crippen LogP contribution in [0.1, 0.15) is 31.5 Å². The van der Waals surface area contributed by atoms with Gasteiger partial charge < -0.3 is 15.0 Å². The molecule has 0 spiro atoms. The van der Waals surface area contributed by atoms with Crippen molar-refractivity contribution in [3.8, 4) is 6.01 Å². The van der Waals surface area contributed by atoms with Crippen molar-refractivity contribution in [1.82, 2.24) is 20.3 Å². The Balaban J connectivity index is 1.76. The second-order valence-electron chi connectivity index (χ2n) is 6.33. The van der Waals surface area contributed by atoms with Gasteiger partial charge in [0, 0.05) is 19.5 Å². The van der Waals surface area contributed by atoms with Crippen LogP contribution < -0.4 is 15.0 Å². The van der Waals surface area contributed by atoms with Gasteiger partial charge in [0.1, 0.15) is 5.82 Å². The number of ether oxygens (including phenoxy) is 1. The van der Waals surface area contributed by atoms with Crippen molar-refractivity contribution in [1.29, 1.82) is 0 Å². The van der Waals surface area contributed by atoms with Crippen molar-refractivity contribution in [3.05, 3.63) is 5.82 Å². The Morgan fingerprint density at radius 2 is 1.79 bits per heavy atom. The van der Waals surface area contributed by atoms with Gasteiger partial charge in [-0.2, -0.15) is 28.1 Å². The van der Waals surface area contributed by atoms with Gasteiger partial charge in [-0.25, -0.2) is 0 Å². The van der Waals surface area contributed by atoms with Crippen LogP contribution in [0.2, 0.25) is 0 Å². The van der Waals surface area contributed by atoms with Crippen molar-refractivity contribution in [2.75, 3.05) is 37.7 Å². The van der Waals surface area contributed by atoms with Gasteiger partial charge in [0.15, 0.2) is 6.61 Å². The minimum atomic E-state index is -4.41. The van der Waals surface area contributed by atoms with Crippen LogP contribution in [-0.4, -0.2) is 53.9 Å². The lowest BCUT2D eigenvalue weighted by molar-refractivity contribution is -0.154. The van der Waals surface area contributed by atoms with Crippen LogP contribution in [0.15, 0.2) is 0 Å². The van der Waals surface area contributed by atoms with Crippen LogP contribution in [-0.2, 0) is 6.42 Å². The number of halogens is 3. The lowest BCUT2D eigenvalue weighted by atomic mass is 9.94. The second kappa shape index (κ2) is 7.50. The summed E-state index contributed by atoms with van der Waals surface area (Å²) >= 11 is 0. The van der Waals surface area contributed by atoms with E-state index in [2.05, 4.69) is 20.3 Å². The molecule has 0 saturated carbocycles. The van der Waals surface area contributed by atoms with Gasteiger partial charge in [0.2, 0.25) is 5.95 Å². The lowest BCUT2D eigenvalue weighted by Crippen LogP contribution is -2.29. The molecule has 0 atom stereocenters. The number of alkyl halides is 3. The molecule has 134 valence electrons. The van der Waals surface area contributed by atoms with Crippen molar-refractivity contribution in [3.63, 3.8) is 0 Å². The Morgan fingerprint density at radius 1 is 1.08 bits per heavy atom. The third kappa shape index (κ3) is 4.93. The highest BCUT2D eigenvalue weighted by atomic mass is 19.4. The zero-order valence-electron chi connectivity index (χ0n) is 13.5. The monoisotopic (exact) mass is 345 g/mol. The molecule has 0 aromatic carbocycles. The molecule has 0 aliphatic carbocycles. The third-order valence-corrected chi connectivity index (χ3v) is 4.33. The molecule has 1 N–H and O–H groups in total. The SMILES string of the molecule is FC(F)(F)COc1nc(CC2CCNCC2)nc(N2CCCC2)n1. The van der Waals surface area contributed by atoms with E-state index in [1.54, 1.807) is 0 Å². The van der Waals surface area contributed by atoms with Gasteiger partial charge in [-0.05, 0) is 44.7 Å². The fraction of sp³-hybridized carbons (Fsp3) is 0.800. The lowest BCUT2D eigenvalue weighted by Gasteiger charge is -2.22. The van der Waals surface area contributed by atoms with Gasteiger partial charge >= 0.3 is 12.2 Å². The predicted molar refractivity (Wildman–Crippen MR) is 82.1 cm³/mol. The van der Waals surface area contributed by atoms with Crippen LogP contribution in [0.5, 0.6) is 6.01 Å². The number of nitrogens with zero attached hydrogens (tertiary/aromatic N) is 4. The molecule has 1 aromatic rings. The van der Waals surface area contributed by atoms with Crippen LogP contribution >= 0.6 is 0 Å². The summed E-state index contributed by atoms with van der Waals surface area (Å²) in [5.74, 6) is 1.40. The Labute approximate surface area is 138 Å². The number of aromatic nitrogens is 3.